The van der Waals surface area contributed by atoms with E-state index in [1.165, 1.54) is 16.8 Å². The van der Waals surface area contributed by atoms with E-state index >= 15 is 0 Å². The largest absolute Gasteiger partial charge is 0.503 e. The molecule has 0 radical (unpaired) electrons. The number of aromatic nitrogens is 1. The Balaban J connectivity index is 0.000000471. The number of pyridine rings is 1. The molecule has 0 unspecified atom stereocenters. The highest BCUT2D eigenvalue weighted by molar-refractivity contribution is 5.85. The molecule has 0 bridgehead atoms. The zero-order chi connectivity index (χ0) is 18.0. The Morgan fingerprint density at radius 1 is 1.29 bits per heavy atom. The maximum Gasteiger partial charge on any atom is 0.503 e. The maximum absolute atomic E-state index is 13.7. The van der Waals surface area contributed by atoms with Crippen LogP contribution in [-0.4, -0.2) is 27.5 Å². The lowest BCUT2D eigenvalue weighted by molar-refractivity contribution is -0.0516. The van der Waals surface area contributed by atoms with E-state index in [1.54, 1.807) is 0 Å². The third-order valence-corrected chi connectivity index (χ3v) is 3.21. The van der Waals surface area contributed by atoms with Crippen molar-refractivity contribution in [1.82, 2.24) is 4.57 Å². The quantitative estimate of drug-likeness (QED) is 0.829. The van der Waals surface area contributed by atoms with Gasteiger partial charge in [0.05, 0.1) is 10.9 Å². The molecule has 0 atom stereocenters. The van der Waals surface area contributed by atoms with Crippen molar-refractivity contribution in [2.24, 2.45) is 0 Å². The molecule has 2 N–H and O–H groups in total. The summed E-state index contributed by atoms with van der Waals surface area (Å²) in [4.78, 5) is 20.3. The molecule has 1 aliphatic carbocycles. The van der Waals surface area contributed by atoms with Crippen molar-refractivity contribution in [3.63, 3.8) is 0 Å². The van der Waals surface area contributed by atoms with Gasteiger partial charge in [-0.2, -0.15) is 13.2 Å². The van der Waals surface area contributed by atoms with Crippen LogP contribution in [0.15, 0.2) is 23.1 Å². The van der Waals surface area contributed by atoms with Gasteiger partial charge in [-0.1, -0.05) is 0 Å². The smallest absolute Gasteiger partial charge is 0.450 e. The first-order chi connectivity index (χ1) is 11.2. The molecule has 1 aromatic heterocycles. The van der Waals surface area contributed by atoms with Crippen molar-refractivity contribution in [3.8, 4) is 5.75 Å². The van der Waals surface area contributed by atoms with Crippen LogP contribution in [0.2, 0.25) is 0 Å². The number of fused-ring (bicyclic) bond motifs is 1. The molecule has 130 valence electrons. The number of hydrogen-bond acceptors (Lipinski definition) is 3. The molecule has 2 aromatic rings. The molecule has 0 aliphatic heterocycles. The molecule has 24 heavy (non-hydrogen) atoms. The van der Waals surface area contributed by atoms with Gasteiger partial charge in [-0.25, -0.2) is 9.18 Å². The van der Waals surface area contributed by atoms with E-state index in [0.29, 0.717) is 6.07 Å². The number of hydrogen-bond donors (Lipinski definition) is 2. The Bertz CT molecular complexity index is 828. The molecule has 1 saturated carbocycles. The zero-order valence-corrected chi connectivity index (χ0v) is 11.9. The monoisotopic (exact) mass is 349 g/mol. The molecule has 3 rings (SSSR count). The fourth-order valence-electron chi connectivity index (χ4n) is 2.20. The maximum atomic E-state index is 13.7. The Morgan fingerprint density at radius 2 is 1.88 bits per heavy atom. The van der Waals surface area contributed by atoms with Gasteiger partial charge < -0.3 is 19.5 Å². The van der Waals surface area contributed by atoms with Crippen molar-refractivity contribution in [2.45, 2.75) is 25.5 Å². The SMILES string of the molecule is O=C(O)O.O=c1ccn(C2CC2)c2c(OC(F)F)c(F)c(F)cc12. The molecule has 6 nitrogen and oxygen atoms in total. The van der Waals surface area contributed by atoms with Gasteiger partial charge in [0.15, 0.2) is 17.0 Å². The summed E-state index contributed by atoms with van der Waals surface area (Å²) in [5, 5.41) is 13.8. The van der Waals surface area contributed by atoms with Gasteiger partial charge in [-0.15, -0.1) is 0 Å². The molecule has 1 heterocycles. The highest BCUT2D eigenvalue weighted by Gasteiger charge is 2.28. The minimum Gasteiger partial charge on any atom is -0.450 e. The number of nitrogens with zero attached hydrogens (tertiary/aromatic N) is 1. The second kappa shape index (κ2) is 6.77. The van der Waals surface area contributed by atoms with Gasteiger partial charge in [-0.3, -0.25) is 4.79 Å². The van der Waals surface area contributed by atoms with Crippen molar-refractivity contribution >= 4 is 17.1 Å². The molecule has 1 fully saturated rings. The van der Waals surface area contributed by atoms with Crippen molar-refractivity contribution in [2.75, 3.05) is 0 Å². The van der Waals surface area contributed by atoms with E-state index in [9.17, 15) is 22.4 Å². The highest BCUT2D eigenvalue weighted by atomic mass is 19.3. The van der Waals surface area contributed by atoms with E-state index in [-0.39, 0.29) is 16.9 Å². The summed E-state index contributed by atoms with van der Waals surface area (Å²) in [5.74, 6) is -3.82. The zero-order valence-electron chi connectivity index (χ0n) is 11.9. The lowest BCUT2D eigenvalue weighted by Crippen LogP contribution is -2.13. The van der Waals surface area contributed by atoms with E-state index in [1.807, 2.05) is 0 Å². The first-order valence-electron chi connectivity index (χ1n) is 6.62. The Morgan fingerprint density at radius 3 is 2.38 bits per heavy atom. The summed E-state index contributed by atoms with van der Waals surface area (Å²) < 4.78 is 57.6. The molecule has 1 aromatic carbocycles. The van der Waals surface area contributed by atoms with Gasteiger partial charge in [-0.05, 0) is 18.9 Å². The summed E-state index contributed by atoms with van der Waals surface area (Å²) in [6.45, 7) is -3.31. The molecule has 0 saturated heterocycles. The Labute approximate surface area is 131 Å². The summed E-state index contributed by atoms with van der Waals surface area (Å²) in [6, 6.07) is 1.90. The first kappa shape index (κ1) is 17.6. The van der Waals surface area contributed by atoms with E-state index < -0.39 is 35.6 Å². The number of alkyl halides is 2. The lowest BCUT2D eigenvalue weighted by atomic mass is 10.1. The predicted molar refractivity (Wildman–Crippen MR) is 73.7 cm³/mol. The van der Waals surface area contributed by atoms with Gasteiger partial charge in [0.25, 0.3) is 0 Å². The number of carboxylic acid groups (broad SMARTS) is 2. The van der Waals surface area contributed by atoms with Crippen LogP contribution in [-0.2, 0) is 0 Å². The van der Waals surface area contributed by atoms with Crippen molar-refractivity contribution in [1.29, 1.82) is 0 Å². The Kier molecular flexibility index (Phi) is 4.96. The number of carbonyl (C=O) groups is 1. The van der Waals surface area contributed by atoms with Gasteiger partial charge >= 0.3 is 12.8 Å². The molecule has 10 heteroatoms. The van der Waals surface area contributed by atoms with Crippen LogP contribution in [0.25, 0.3) is 10.9 Å². The van der Waals surface area contributed by atoms with Crippen LogP contribution in [0.5, 0.6) is 5.75 Å². The fourth-order valence-corrected chi connectivity index (χ4v) is 2.20. The third kappa shape index (κ3) is 3.76. The van der Waals surface area contributed by atoms with Gasteiger partial charge in [0.2, 0.25) is 5.82 Å². The fraction of sp³-hybridized carbons (Fsp3) is 0.286. The van der Waals surface area contributed by atoms with E-state index in [2.05, 4.69) is 4.74 Å². The van der Waals surface area contributed by atoms with E-state index in [4.69, 9.17) is 15.0 Å². The lowest BCUT2D eigenvalue weighted by Gasteiger charge is -2.15. The van der Waals surface area contributed by atoms with Crippen LogP contribution in [0.3, 0.4) is 0 Å². The van der Waals surface area contributed by atoms with Crippen molar-refractivity contribution in [3.05, 3.63) is 40.2 Å². The third-order valence-electron chi connectivity index (χ3n) is 3.21. The summed E-state index contributed by atoms with van der Waals surface area (Å²) in [6.07, 6.45) is 1.12. The minimum absolute atomic E-state index is 0.0111. The molecule has 0 spiro atoms. The van der Waals surface area contributed by atoms with Crippen LogP contribution >= 0.6 is 0 Å². The number of ether oxygens (including phenoxy) is 1. The van der Waals surface area contributed by atoms with E-state index in [0.717, 1.165) is 12.8 Å². The average molecular weight is 349 g/mol. The number of benzene rings is 1. The van der Waals surface area contributed by atoms with Crippen LogP contribution < -0.4 is 10.2 Å². The van der Waals surface area contributed by atoms with Crippen molar-refractivity contribution < 1.29 is 37.3 Å². The molecular formula is C14H11F4NO5. The van der Waals surface area contributed by atoms with Crippen LogP contribution in [0, 0.1) is 11.6 Å². The van der Waals surface area contributed by atoms with Crippen LogP contribution in [0.4, 0.5) is 22.4 Å². The standard InChI is InChI=1S/C13H9F4NO2.CH2O3/c14-8-5-7-9(19)3-4-18(6-1-2-6)11(7)12(10(8)15)20-13(16)17;2-1(3)4/h3-6,13H,1-2H2;(H2,2,3,4). The first-order valence-corrected chi connectivity index (χ1v) is 6.62. The number of rotatable bonds is 3. The summed E-state index contributed by atoms with van der Waals surface area (Å²) in [7, 11) is 0. The second-order valence-corrected chi connectivity index (χ2v) is 4.88. The normalized spacial score (nSPS) is 13.5. The van der Waals surface area contributed by atoms with Crippen LogP contribution in [0.1, 0.15) is 18.9 Å². The minimum atomic E-state index is -3.31. The summed E-state index contributed by atoms with van der Waals surface area (Å²) >= 11 is 0. The number of halogens is 4. The molecule has 0 amide bonds. The highest BCUT2D eigenvalue weighted by Crippen LogP contribution is 2.40. The second-order valence-electron chi connectivity index (χ2n) is 4.88. The van der Waals surface area contributed by atoms with Gasteiger partial charge in [0, 0.05) is 18.3 Å². The van der Waals surface area contributed by atoms with Gasteiger partial charge in [0.1, 0.15) is 0 Å². The predicted octanol–water partition coefficient (Wildman–Crippen LogP) is 3.44. The Hall–Kier alpha value is -2.78. The summed E-state index contributed by atoms with van der Waals surface area (Å²) in [5.41, 5.74) is -0.700. The topological polar surface area (TPSA) is 88.8 Å². The molecule has 1 aliphatic rings. The average Bonchev–Trinajstić information content (AvgIpc) is 3.28. The molecular weight excluding hydrogens is 338 g/mol.